The van der Waals surface area contributed by atoms with E-state index >= 15 is 0 Å². The fraction of sp³-hybridized carbons (Fsp3) is 0.353. The largest absolute Gasteiger partial charge is 0.463 e. The van der Waals surface area contributed by atoms with Crippen LogP contribution in [0, 0.1) is 13.8 Å². The normalized spacial score (nSPS) is 14.0. The molecule has 2 amide bonds. The number of amides is 2. The van der Waals surface area contributed by atoms with E-state index in [2.05, 4.69) is 10.6 Å². The smallest absolute Gasteiger partial charge is 0.424 e. The zero-order valence-electron chi connectivity index (χ0n) is 14.1. The summed E-state index contributed by atoms with van der Waals surface area (Å²) in [4.78, 5) is 11.8. The van der Waals surface area contributed by atoms with E-state index in [-0.39, 0.29) is 5.76 Å². The second kappa shape index (κ2) is 7.59. The number of hydrogen-bond acceptors (Lipinski definition) is 3. The lowest BCUT2D eigenvalue weighted by atomic mass is 9.96. The van der Waals surface area contributed by atoms with Gasteiger partial charge in [0.2, 0.25) is 5.60 Å². The number of carbonyl (C=O) groups excluding carboxylic acids is 1. The summed E-state index contributed by atoms with van der Waals surface area (Å²) >= 11 is 5.94. The Morgan fingerprint density at radius 2 is 1.92 bits per heavy atom. The third-order valence-corrected chi connectivity index (χ3v) is 4.23. The van der Waals surface area contributed by atoms with Crippen molar-refractivity contribution in [3.05, 3.63) is 52.4 Å². The molecule has 0 aliphatic carbocycles. The van der Waals surface area contributed by atoms with Crippen LogP contribution in [-0.2, 0) is 5.60 Å². The number of anilines is 1. The first-order chi connectivity index (χ1) is 12.0. The van der Waals surface area contributed by atoms with Gasteiger partial charge in [-0.3, -0.25) is 0 Å². The van der Waals surface area contributed by atoms with E-state index in [1.807, 2.05) is 0 Å². The molecule has 0 saturated heterocycles. The summed E-state index contributed by atoms with van der Waals surface area (Å²) in [7, 11) is 0. The van der Waals surface area contributed by atoms with Gasteiger partial charge in [-0.15, -0.1) is 0 Å². The van der Waals surface area contributed by atoms with Gasteiger partial charge in [0.1, 0.15) is 11.5 Å². The van der Waals surface area contributed by atoms with Crippen LogP contribution in [0.4, 0.5) is 23.7 Å². The van der Waals surface area contributed by atoms with Gasteiger partial charge in [-0.05, 0) is 43.7 Å². The van der Waals surface area contributed by atoms with Gasteiger partial charge in [0, 0.05) is 23.7 Å². The maximum absolute atomic E-state index is 13.3. The molecule has 0 bridgehead atoms. The van der Waals surface area contributed by atoms with Gasteiger partial charge in [0.25, 0.3) is 0 Å². The molecule has 1 aromatic carbocycles. The molecular formula is C17H18ClF3N2O3. The minimum absolute atomic E-state index is 0.240. The quantitative estimate of drug-likeness (QED) is 0.703. The van der Waals surface area contributed by atoms with Crippen molar-refractivity contribution >= 4 is 23.3 Å². The Morgan fingerprint density at radius 1 is 1.23 bits per heavy atom. The Bertz CT molecular complexity index is 792. The molecule has 1 atom stereocenters. The van der Waals surface area contributed by atoms with E-state index in [0.29, 0.717) is 10.7 Å². The van der Waals surface area contributed by atoms with Crippen molar-refractivity contribution in [1.82, 2.24) is 5.32 Å². The van der Waals surface area contributed by atoms with E-state index in [9.17, 15) is 23.1 Å². The van der Waals surface area contributed by atoms with Crippen LogP contribution in [0.25, 0.3) is 0 Å². The maximum Gasteiger partial charge on any atom is 0.424 e. The molecule has 142 valence electrons. The minimum atomic E-state index is -4.96. The summed E-state index contributed by atoms with van der Waals surface area (Å²) in [5.41, 5.74) is -1.98. The molecule has 0 aliphatic rings. The number of urea groups is 1. The number of carbonyl (C=O) groups is 1. The Hall–Kier alpha value is -2.19. The number of aliphatic hydroxyl groups is 1. The van der Waals surface area contributed by atoms with Crippen molar-refractivity contribution in [1.29, 1.82) is 0 Å². The van der Waals surface area contributed by atoms with Crippen molar-refractivity contribution in [2.45, 2.75) is 32.0 Å². The van der Waals surface area contributed by atoms with Crippen LogP contribution in [0.3, 0.4) is 0 Å². The molecule has 0 spiro atoms. The van der Waals surface area contributed by atoms with E-state index < -0.39 is 36.5 Å². The molecule has 0 fully saturated rings. The maximum atomic E-state index is 13.3. The lowest BCUT2D eigenvalue weighted by Gasteiger charge is -2.28. The van der Waals surface area contributed by atoms with Gasteiger partial charge < -0.3 is 20.2 Å². The lowest BCUT2D eigenvalue weighted by Crippen LogP contribution is -2.45. The number of aryl methyl sites for hydroxylation is 2. The highest BCUT2D eigenvalue weighted by atomic mass is 35.5. The summed E-state index contributed by atoms with van der Waals surface area (Å²) < 4.78 is 44.8. The summed E-state index contributed by atoms with van der Waals surface area (Å²) in [6.45, 7) is 2.83. The Balaban J connectivity index is 1.99. The van der Waals surface area contributed by atoms with Crippen LogP contribution in [0.15, 0.2) is 34.7 Å². The first-order valence-corrected chi connectivity index (χ1v) is 8.08. The molecule has 1 heterocycles. The Morgan fingerprint density at radius 3 is 2.46 bits per heavy atom. The molecule has 2 rings (SSSR count). The summed E-state index contributed by atoms with van der Waals surface area (Å²) in [6.07, 6.45) is -5.76. The topological polar surface area (TPSA) is 74.5 Å². The summed E-state index contributed by atoms with van der Waals surface area (Å²) in [5.74, 6) is -0.375. The second-order valence-corrected chi connectivity index (χ2v) is 6.27. The number of furan rings is 1. The Labute approximate surface area is 153 Å². The molecule has 0 saturated carbocycles. The van der Waals surface area contributed by atoms with E-state index in [4.69, 9.17) is 16.0 Å². The average molecular weight is 391 g/mol. The second-order valence-electron chi connectivity index (χ2n) is 5.86. The fourth-order valence-electron chi connectivity index (χ4n) is 2.26. The monoisotopic (exact) mass is 390 g/mol. The number of benzene rings is 1. The molecule has 2 aromatic rings. The van der Waals surface area contributed by atoms with Crippen molar-refractivity contribution in [2.75, 3.05) is 11.9 Å². The predicted octanol–water partition coefficient (Wildman–Crippen LogP) is 4.51. The first-order valence-electron chi connectivity index (χ1n) is 7.70. The molecule has 1 aromatic heterocycles. The van der Waals surface area contributed by atoms with Gasteiger partial charge in [0.05, 0.1) is 0 Å². The van der Waals surface area contributed by atoms with Crippen LogP contribution in [0.2, 0.25) is 5.02 Å². The van der Waals surface area contributed by atoms with E-state index in [0.717, 1.165) is 11.6 Å². The van der Waals surface area contributed by atoms with Crippen LogP contribution in [0.1, 0.15) is 23.5 Å². The standard InChI is InChI=1S/C17H18ClF3N2O3/c1-10-3-5-12(9-13(10)18)23-15(24)22-8-7-16(25,17(19,20)21)14-6-4-11(2)26-14/h3-6,9,25H,7-8H2,1-2H3,(H2,22,23,24)/t16-/m0/s1. The lowest BCUT2D eigenvalue weighted by molar-refractivity contribution is -0.274. The van der Waals surface area contributed by atoms with Crippen molar-refractivity contribution in [2.24, 2.45) is 0 Å². The molecule has 0 aliphatic heterocycles. The van der Waals surface area contributed by atoms with Gasteiger partial charge in [-0.1, -0.05) is 17.7 Å². The van der Waals surface area contributed by atoms with Gasteiger partial charge in [0.15, 0.2) is 0 Å². The van der Waals surface area contributed by atoms with E-state index in [1.165, 1.54) is 19.1 Å². The van der Waals surface area contributed by atoms with E-state index in [1.54, 1.807) is 19.1 Å². The SMILES string of the molecule is Cc1ccc([C@@](O)(CCNC(=O)Nc2ccc(C)c(Cl)c2)C(F)(F)F)o1. The fourth-order valence-corrected chi connectivity index (χ4v) is 2.44. The van der Waals surface area contributed by atoms with Crippen LogP contribution in [0.5, 0.6) is 0 Å². The predicted molar refractivity (Wildman–Crippen MR) is 91.2 cm³/mol. The molecule has 9 heteroatoms. The highest BCUT2D eigenvalue weighted by Gasteiger charge is 2.56. The number of alkyl halides is 3. The Kier molecular flexibility index (Phi) is 5.87. The van der Waals surface area contributed by atoms with Crippen molar-refractivity contribution < 1.29 is 27.5 Å². The third kappa shape index (κ3) is 4.50. The molecule has 26 heavy (non-hydrogen) atoms. The molecule has 3 N–H and O–H groups in total. The molecular weight excluding hydrogens is 373 g/mol. The van der Waals surface area contributed by atoms with Crippen LogP contribution < -0.4 is 10.6 Å². The summed E-state index contributed by atoms with van der Waals surface area (Å²) in [5, 5.41) is 15.3. The molecule has 5 nitrogen and oxygen atoms in total. The highest BCUT2D eigenvalue weighted by molar-refractivity contribution is 6.31. The first kappa shape index (κ1) is 20.1. The third-order valence-electron chi connectivity index (χ3n) is 3.82. The highest BCUT2D eigenvalue weighted by Crippen LogP contribution is 2.42. The zero-order chi connectivity index (χ0) is 19.5. The average Bonchev–Trinajstić information content (AvgIpc) is 2.96. The van der Waals surface area contributed by atoms with Crippen LogP contribution in [-0.4, -0.2) is 23.9 Å². The van der Waals surface area contributed by atoms with Crippen molar-refractivity contribution in [3.63, 3.8) is 0 Å². The van der Waals surface area contributed by atoms with Crippen molar-refractivity contribution in [3.8, 4) is 0 Å². The van der Waals surface area contributed by atoms with Gasteiger partial charge in [-0.2, -0.15) is 13.2 Å². The number of hydrogen-bond donors (Lipinski definition) is 3. The number of halogens is 4. The van der Waals surface area contributed by atoms with Crippen LogP contribution >= 0.6 is 11.6 Å². The summed E-state index contributed by atoms with van der Waals surface area (Å²) in [6, 6.07) is 6.50. The van der Waals surface area contributed by atoms with Gasteiger partial charge in [-0.25, -0.2) is 4.79 Å². The number of nitrogens with one attached hydrogen (secondary N) is 2. The van der Waals surface area contributed by atoms with Gasteiger partial charge >= 0.3 is 12.2 Å². The number of rotatable bonds is 5. The molecule has 0 unspecified atom stereocenters. The zero-order valence-corrected chi connectivity index (χ0v) is 14.8. The minimum Gasteiger partial charge on any atom is -0.463 e. The molecule has 0 radical (unpaired) electrons.